The van der Waals surface area contributed by atoms with Crippen LogP contribution >= 0.6 is 0 Å². The molecule has 0 aromatic carbocycles. The summed E-state index contributed by atoms with van der Waals surface area (Å²) in [6, 6.07) is 0. The third kappa shape index (κ3) is 4.72. The normalized spacial score (nSPS) is 16.9. The average molecular weight is 237 g/mol. The van der Waals surface area contributed by atoms with Crippen LogP contribution in [0.25, 0.3) is 0 Å². The lowest BCUT2D eigenvalue weighted by Crippen LogP contribution is -2.30. The molecule has 0 bridgehead atoms. The first-order valence-electron chi connectivity index (χ1n) is 6.68. The van der Waals surface area contributed by atoms with Crippen LogP contribution in [-0.2, 0) is 9.59 Å². The summed E-state index contributed by atoms with van der Waals surface area (Å²) in [6.45, 7) is 5.09. The van der Waals surface area contributed by atoms with Gasteiger partial charge in [0.2, 0.25) is 0 Å². The highest BCUT2D eigenvalue weighted by Gasteiger charge is 2.22. The van der Waals surface area contributed by atoms with Gasteiger partial charge in [-0.3, -0.25) is 14.5 Å². The number of imide groups is 1. The van der Waals surface area contributed by atoms with Crippen LogP contribution in [0.1, 0.15) is 52.4 Å². The maximum absolute atomic E-state index is 11.3. The van der Waals surface area contributed by atoms with Crippen molar-refractivity contribution in [2.24, 2.45) is 5.92 Å². The number of unbranched alkanes of at least 4 members (excludes halogenated alkanes) is 2. The van der Waals surface area contributed by atoms with Crippen molar-refractivity contribution in [2.75, 3.05) is 6.54 Å². The summed E-state index contributed by atoms with van der Waals surface area (Å²) < 4.78 is 0. The first-order chi connectivity index (χ1) is 8.15. The molecule has 1 atom stereocenters. The molecule has 0 aromatic rings. The summed E-state index contributed by atoms with van der Waals surface area (Å²) in [6.07, 6.45) is 9.75. The van der Waals surface area contributed by atoms with Crippen LogP contribution in [0.3, 0.4) is 0 Å². The van der Waals surface area contributed by atoms with Crippen LogP contribution in [0.5, 0.6) is 0 Å². The molecule has 1 aliphatic rings. The van der Waals surface area contributed by atoms with E-state index in [9.17, 15) is 9.59 Å². The van der Waals surface area contributed by atoms with Gasteiger partial charge in [0.25, 0.3) is 11.8 Å². The van der Waals surface area contributed by atoms with E-state index in [2.05, 4.69) is 13.8 Å². The SMILES string of the molecule is CCCC(C)CCCCCN1C(=O)C=CC1=O. The van der Waals surface area contributed by atoms with Gasteiger partial charge in [0, 0.05) is 18.7 Å². The smallest absolute Gasteiger partial charge is 0.253 e. The van der Waals surface area contributed by atoms with Gasteiger partial charge in [-0.1, -0.05) is 46.0 Å². The van der Waals surface area contributed by atoms with Gasteiger partial charge < -0.3 is 0 Å². The Kier molecular flexibility index (Phi) is 5.95. The van der Waals surface area contributed by atoms with Crippen LogP contribution in [0.4, 0.5) is 0 Å². The van der Waals surface area contributed by atoms with Crippen molar-refractivity contribution in [3.63, 3.8) is 0 Å². The minimum absolute atomic E-state index is 0.158. The van der Waals surface area contributed by atoms with Gasteiger partial charge in [-0.2, -0.15) is 0 Å². The molecule has 96 valence electrons. The van der Waals surface area contributed by atoms with Gasteiger partial charge in [-0.15, -0.1) is 0 Å². The standard InChI is InChI=1S/C14H23NO2/c1-3-7-12(2)8-5-4-6-11-15-13(16)9-10-14(15)17/h9-10,12H,3-8,11H2,1-2H3. The lowest BCUT2D eigenvalue weighted by molar-refractivity contribution is -0.136. The summed E-state index contributed by atoms with van der Waals surface area (Å²) in [7, 11) is 0. The van der Waals surface area contributed by atoms with Crippen LogP contribution in [0, 0.1) is 5.92 Å². The second-order valence-electron chi connectivity index (χ2n) is 4.90. The fourth-order valence-electron chi connectivity index (χ4n) is 2.23. The maximum Gasteiger partial charge on any atom is 0.253 e. The molecule has 0 saturated carbocycles. The molecule has 1 unspecified atom stereocenters. The number of rotatable bonds is 8. The summed E-state index contributed by atoms with van der Waals surface area (Å²) in [4.78, 5) is 23.8. The van der Waals surface area contributed by atoms with Gasteiger partial charge in [0.1, 0.15) is 0 Å². The Bertz CT molecular complexity index is 279. The predicted molar refractivity (Wildman–Crippen MR) is 68.4 cm³/mol. The number of carbonyl (C=O) groups excluding carboxylic acids is 2. The molecule has 0 aliphatic carbocycles. The second kappa shape index (κ2) is 7.25. The number of nitrogens with zero attached hydrogens (tertiary/aromatic N) is 1. The average Bonchev–Trinajstić information content (AvgIpc) is 2.60. The van der Waals surface area contributed by atoms with Crippen LogP contribution < -0.4 is 0 Å². The van der Waals surface area contributed by atoms with E-state index < -0.39 is 0 Å². The highest BCUT2D eigenvalue weighted by Crippen LogP contribution is 2.15. The van der Waals surface area contributed by atoms with Crippen molar-refractivity contribution in [1.82, 2.24) is 4.90 Å². The fourth-order valence-corrected chi connectivity index (χ4v) is 2.23. The number of amides is 2. The molecule has 17 heavy (non-hydrogen) atoms. The summed E-state index contributed by atoms with van der Waals surface area (Å²) in [5.74, 6) is 0.486. The molecule has 0 radical (unpaired) electrons. The Morgan fingerprint density at radius 1 is 1.06 bits per heavy atom. The first kappa shape index (κ1) is 13.9. The largest absolute Gasteiger partial charge is 0.275 e. The van der Waals surface area contributed by atoms with Crippen molar-refractivity contribution < 1.29 is 9.59 Å². The molecule has 0 fully saturated rings. The van der Waals surface area contributed by atoms with Crippen LogP contribution in [0.15, 0.2) is 12.2 Å². The summed E-state index contributed by atoms with van der Waals surface area (Å²) >= 11 is 0. The molecule has 0 saturated heterocycles. The molecular formula is C14H23NO2. The molecule has 3 heteroatoms. The molecule has 0 spiro atoms. The van der Waals surface area contributed by atoms with E-state index in [4.69, 9.17) is 0 Å². The molecule has 1 rings (SSSR count). The monoisotopic (exact) mass is 237 g/mol. The van der Waals surface area contributed by atoms with Gasteiger partial charge in [0.05, 0.1) is 0 Å². The minimum atomic E-state index is -0.158. The van der Waals surface area contributed by atoms with Crippen LogP contribution in [0.2, 0.25) is 0 Å². The van der Waals surface area contributed by atoms with E-state index in [1.165, 1.54) is 42.7 Å². The summed E-state index contributed by atoms with van der Waals surface area (Å²) in [5.41, 5.74) is 0. The molecule has 2 amide bonds. The number of hydrogen-bond donors (Lipinski definition) is 0. The Hall–Kier alpha value is -1.12. The van der Waals surface area contributed by atoms with Gasteiger partial charge >= 0.3 is 0 Å². The maximum atomic E-state index is 11.3. The number of hydrogen-bond acceptors (Lipinski definition) is 2. The quantitative estimate of drug-likeness (QED) is 0.481. The Morgan fingerprint density at radius 3 is 2.29 bits per heavy atom. The molecule has 1 aliphatic heterocycles. The molecule has 0 N–H and O–H groups in total. The lowest BCUT2D eigenvalue weighted by Gasteiger charge is -2.14. The Balaban J connectivity index is 2.05. The van der Waals surface area contributed by atoms with E-state index in [0.717, 1.165) is 18.8 Å². The Morgan fingerprint density at radius 2 is 1.71 bits per heavy atom. The van der Waals surface area contributed by atoms with Crippen molar-refractivity contribution >= 4 is 11.8 Å². The van der Waals surface area contributed by atoms with Gasteiger partial charge in [-0.05, 0) is 12.3 Å². The zero-order chi connectivity index (χ0) is 12.7. The Labute approximate surface area is 104 Å². The zero-order valence-corrected chi connectivity index (χ0v) is 10.9. The van der Waals surface area contributed by atoms with E-state index in [0.29, 0.717) is 6.54 Å². The highest BCUT2D eigenvalue weighted by molar-refractivity contribution is 6.12. The second-order valence-corrected chi connectivity index (χ2v) is 4.90. The van der Waals surface area contributed by atoms with Gasteiger partial charge in [0.15, 0.2) is 0 Å². The van der Waals surface area contributed by atoms with Crippen molar-refractivity contribution in [1.29, 1.82) is 0 Å². The molecule has 1 heterocycles. The number of carbonyl (C=O) groups is 2. The van der Waals surface area contributed by atoms with Crippen molar-refractivity contribution in [2.45, 2.75) is 52.4 Å². The first-order valence-corrected chi connectivity index (χ1v) is 6.68. The molecule has 3 nitrogen and oxygen atoms in total. The van der Waals surface area contributed by atoms with Crippen LogP contribution in [-0.4, -0.2) is 23.3 Å². The van der Waals surface area contributed by atoms with E-state index in [-0.39, 0.29) is 11.8 Å². The third-order valence-electron chi connectivity index (χ3n) is 3.26. The van der Waals surface area contributed by atoms with E-state index in [1.54, 1.807) is 0 Å². The van der Waals surface area contributed by atoms with Crippen molar-refractivity contribution in [3.05, 3.63) is 12.2 Å². The van der Waals surface area contributed by atoms with Gasteiger partial charge in [-0.25, -0.2) is 0 Å². The highest BCUT2D eigenvalue weighted by atomic mass is 16.2. The fraction of sp³-hybridized carbons (Fsp3) is 0.714. The van der Waals surface area contributed by atoms with E-state index >= 15 is 0 Å². The minimum Gasteiger partial charge on any atom is -0.275 e. The zero-order valence-electron chi connectivity index (χ0n) is 10.9. The van der Waals surface area contributed by atoms with Crippen molar-refractivity contribution in [3.8, 4) is 0 Å². The lowest BCUT2D eigenvalue weighted by atomic mass is 9.99. The molecular weight excluding hydrogens is 214 g/mol. The topological polar surface area (TPSA) is 37.4 Å². The third-order valence-corrected chi connectivity index (χ3v) is 3.26. The summed E-state index contributed by atoms with van der Waals surface area (Å²) in [5, 5.41) is 0. The predicted octanol–water partition coefficient (Wildman–Crippen LogP) is 2.91. The molecule has 0 aromatic heterocycles. The van der Waals surface area contributed by atoms with E-state index in [1.807, 2.05) is 0 Å².